The van der Waals surface area contributed by atoms with Crippen LogP contribution in [0, 0.1) is 5.92 Å². The van der Waals surface area contributed by atoms with Gasteiger partial charge in [0.2, 0.25) is 15.9 Å². The van der Waals surface area contributed by atoms with Crippen molar-refractivity contribution in [2.75, 3.05) is 22.9 Å². The Morgan fingerprint density at radius 3 is 2.60 bits per heavy atom. The third kappa shape index (κ3) is 3.35. The summed E-state index contributed by atoms with van der Waals surface area (Å²) < 4.78 is 22.2. The largest absolute Gasteiger partial charge is 0.396 e. The van der Waals surface area contributed by atoms with E-state index in [9.17, 15) is 13.2 Å². The van der Waals surface area contributed by atoms with Gasteiger partial charge < -0.3 is 10.6 Å². The maximum atomic E-state index is 12.0. The van der Waals surface area contributed by atoms with Crippen molar-refractivity contribution in [1.29, 1.82) is 0 Å². The molecule has 1 aromatic carbocycles. The predicted molar refractivity (Wildman–Crippen MR) is 79.3 cm³/mol. The van der Waals surface area contributed by atoms with Crippen LogP contribution in [0.2, 0.25) is 10.0 Å². The Balaban J connectivity index is 2.29. The normalized spacial score (nSPS) is 19.6. The van der Waals surface area contributed by atoms with Crippen molar-refractivity contribution >= 4 is 50.5 Å². The van der Waals surface area contributed by atoms with Crippen molar-refractivity contribution in [3.8, 4) is 0 Å². The first-order valence-electron chi connectivity index (χ1n) is 5.72. The molecule has 2 rings (SSSR count). The molecule has 0 saturated carbocycles. The number of anilines is 2. The highest BCUT2D eigenvalue weighted by atomic mass is 35.5. The SMILES string of the molecule is Nc1c(Cl)cc(Cl)cc1N1CC(CS(N)(=O)=O)CC1=O. The predicted octanol–water partition coefficient (Wildman–Crippen LogP) is 1.22. The fraction of sp³-hybridized carbons (Fsp3) is 0.364. The van der Waals surface area contributed by atoms with Crippen LogP contribution in [0.4, 0.5) is 11.4 Å². The van der Waals surface area contributed by atoms with Crippen LogP contribution in [0.1, 0.15) is 6.42 Å². The first kappa shape index (κ1) is 15.4. The zero-order valence-electron chi connectivity index (χ0n) is 10.3. The molecular weight excluding hydrogens is 325 g/mol. The van der Waals surface area contributed by atoms with E-state index >= 15 is 0 Å². The summed E-state index contributed by atoms with van der Waals surface area (Å²) in [4.78, 5) is 13.4. The molecule has 1 heterocycles. The quantitative estimate of drug-likeness (QED) is 0.808. The highest BCUT2D eigenvalue weighted by molar-refractivity contribution is 7.89. The summed E-state index contributed by atoms with van der Waals surface area (Å²) in [6.45, 7) is 0.218. The van der Waals surface area contributed by atoms with Gasteiger partial charge >= 0.3 is 0 Å². The number of sulfonamides is 1. The number of amides is 1. The Hall–Kier alpha value is -1.02. The second-order valence-corrected chi connectivity index (χ2v) is 7.23. The number of nitrogens with two attached hydrogens (primary N) is 2. The Morgan fingerprint density at radius 1 is 1.35 bits per heavy atom. The lowest BCUT2D eigenvalue weighted by atomic mass is 10.1. The number of benzene rings is 1. The van der Waals surface area contributed by atoms with Crippen LogP contribution in [0.3, 0.4) is 0 Å². The van der Waals surface area contributed by atoms with Gasteiger partial charge in [-0.1, -0.05) is 23.2 Å². The molecule has 0 aromatic heterocycles. The molecule has 9 heteroatoms. The minimum Gasteiger partial charge on any atom is -0.396 e. The summed E-state index contributed by atoms with van der Waals surface area (Å²) in [5, 5.41) is 5.59. The number of nitrogen functional groups attached to an aromatic ring is 1. The molecule has 0 bridgehead atoms. The van der Waals surface area contributed by atoms with Crippen molar-refractivity contribution in [3.05, 3.63) is 22.2 Å². The van der Waals surface area contributed by atoms with Crippen LogP contribution in [-0.2, 0) is 14.8 Å². The first-order valence-corrected chi connectivity index (χ1v) is 8.20. The number of primary sulfonamides is 1. The average molecular weight is 338 g/mol. The van der Waals surface area contributed by atoms with Gasteiger partial charge in [-0.15, -0.1) is 0 Å². The first-order chi connectivity index (χ1) is 9.17. The van der Waals surface area contributed by atoms with E-state index in [-0.39, 0.29) is 41.3 Å². The van der Waals surface area contributed by atoms with Gasteiger partial charge in [0.25, 0.3) is 0 Å². The molecule has 1 aliphatic heterocycles. The fourth-order valence-electron chi connectivity index (χ4n) is 2.25. The molecule has 110 valence electrons. The summed E-state index contributed by atoms with van der Waals surface area (Å²) >= 11 is 11.8. The second-order valence-electron chi connectivity index (χ2n) is 4.72. The number of nitrogens with zero attached hydrogens (tertiary/aromatic N) is 1. The van der Waals surface area contributed by atoms with Gasteiger partial charge in [-0.3, -0.25) is 4.79 Å². The summed E-state index contributed by atoms with van der Waals surface area (Å²) in [6.07, 6.45) is 0.0972. The standard InChI is InChI=1S/C11H13Cl2N3O3S/c12-7-2-8(13)11(14)9(3-7)16-4-6(1-10(16)17)5-20(15,18)19/h2-3,6H,1,4-5,14H2,(H2,15,18,19). The van der Waals surface area contributed by atoms with E-state index in [0.29, 0.717) is 10.7 Å². The monoisotopic (exact) mass is 337 g/mol. The number of hydrogen-bond donors (Lipinski definition) is 2. The Labute approximate surface area is 126 Å². The smallest absolute Gasteiger partial charge is 0.227 e. The fourth-order valence-corrected chi connectivity index (χ4v) is 3.61. The van der Waals surface area contributed by atoms with Gasteiger partial charge in [0.05, 0.1) is 22.2 Å². The summed E-state index contributed by atoms with van der Waals surface area (Å²) in [7, 11) is -3.63. The minimum absolute atomic E-state index is 0.0972. The molecule has 1 aliphatic rings. The topological polar surface area (TPSA) is 106 Å². The molecule has 1 saturated heterocycles. The van der Waals surface area contributed by atoms with Crippen molar-refractivity contribution in [2.45, 2.75) is 6.42 Å². The van der Waals surface area contributed by atoms with Crippen molar-refractivity contribution < 1.29 is 13.2 Å². The molecule has 1 atom stereocenters. The molecule has 0 spiro atoms. The summed E-state index contributed by atoms with van der Waals surface area (Å²) in [5.74, 6) is -0.845. The van der Waals surface area contributed by atoms with Gasteiger partial charge in [-0.05, 0) is 12.1 Å². The Morgan fingerprint density at radius 2 is 2.00 bits per heavy atom. The summed E-state index contributed by atoms with van der Waals surface area (Å²) in [5.41, 5.74) is 6.47. The van der Waals surface area contributed by atoms with E-state index in [0.717, 1.165) is 0 Å². The molecule has 6 nitrogen and oxygen atoms in total. The van der Waals surface area contributed by atoms with Crippen LogP contribution >= 0.6 is 23.2 Å². The maximum absolute atomic E-state index is 12.0. The molecule has 1 unspecified atom stereocenters. The Bertz CT molecular complexity index is 663. The highest BCUT2D eigenvalue weighted by Gasteiger charge is 2.34. The molecule has 1 aromatic rings. The van der Waals surface area contributed by atoms with E-state index in [1.165, 1.54) is 17.0 Å². The molecule has 4 N–H and O–H groups in total. The molecule has 20 heavy (non-hydrogen) atoms. The second kappa shape index (κ2) is 5.40. The minimum atomic E-state index is -3.63. The van der Waals surface area contributed by atoms with Gasteiger partial charge in [0.15, 0.2) is 0 Å². The van der Waals surface area contributed by atoms with Crippen LogP contribution in [0.15, 0.2) is 12.1 Å². The van der Waals surface area contributed by atoms with Crippen LogP contribution in [0.5, 0.6) is 0 Å². The number of rotatable bonds is 3. The van der Waals surface area contributed by atoms with E-state index < -0.39 is 10.0 Å². The van der Waals surface area contributed by atoms with E-state index in [2.05, 4.69) is 0 Å². The van der Waals surface area contributed by atoms with Gasteiger partial charge in [-0.2, -0.15) is 0 Å². The van der Waals surface area contributed by atoms with E-state index in [4.69, 9.17) is 34.1 Å². The van der Waals surface area contributed by atoms with Crippen LogP contribution < -0.4 is 15.8 Å². The number of carbonyl (C=O) groups is 1. The third-order valence-corrected chi connectivity index (χ3v) is 4.50. The maximum Gasteiger partial charge on any atom is 0.227 e. The average Bonchev–Trinajstić information content (AvgIpc) is 2.62. The number of hydrogen-bond acceptors (Lipinski definition) is 4. The molecule has 1 fully saturated rings. The summed E-state index contributed by atoms with van der Waals surface area (Å²) in [6, 6.07) is 3.00. The lowest BCUT2D eigenvalue weighted by molar-refractivity contribution is -0.117. The Kier molecular flexibility index (Phi) is 4.15. The van der Waals surface area contributed by atoms with Crippen molar-refractivity contribution in [1.82, 2.24) is 0 Å². The molecule has 0 aliphatic carbocycles. The molecule has 0 radical (unpaired) electrons. The van der Waals surface area contributed by atoms with Crippen molar-refractivity contribution in [2.24, 2.45) is 11.1 Å². The zero-order chi connectivity index (χ0) is 15.1. The van der Waals surface area contributed by atoms with E-state index in [1.54, 1.807) is 0 Å². The number of carbonyl (C=O) groups excluding carboxylic acids is 1. The molecular formula is C11H13Cl2N3O3S. The van der Waals surface area contributed by atoms with Gasteiger partial charge in [0, 0.05) is 23.9 Å². The van der Waals surface area contributed by atoms with Gasteiger partial charge in [-0.25, -0.2) is 13.6 Å². The zero-order valence-corrected chi connectivity index (χ0v) is 12.7. The lowest BCUT2D eigenvalue weighted by Gasteiger charge is -2.19. The van der Waals surface area contributed by atoms with E-state index in [1.807, 2.05) is 0 Å². The third-order valence-electron chi connectivity index (χ3n) is 3.04. The molecule has 1 amide bonds. The van der Waals surface area contributed by atoms with Gasteiger partial charge in [0.1, 0.15) is 0 Å². The lowest BCUT2D eigenvalue weighted by Crippen LogP contribution is -2.28. The van der Waals surface area contributed by atoms with Crippen LogP contribution in [-0.4, -0.2) is 26.6 Å². The van der Waals surface area contributed by atoms with Crippen LogP contribution in [0.25, 0.3) is 0 Å². The number of halogens is 2. The van der Waals surface area contributed by atoms with Crippen molar-refractivity contribution in [3.63, 3.8) is 0 Å². The highest BCUT2D eigenvalue weighted by Crippen LogP contribution is 2.37.